The summed E-state index contributed by atoms with van der Waals surface area (Å²) >= 11 is 3.95. The van der Waals surface area contributed by atoms with E-state index in [-0.39, 0.29) is 23.3 Å². The Kier molecular flexibility index (Phi) is 8.47. The molecule has 0 saturated heterocycles. The van der Waals surface area contributed by atoms with Gasteiger partial charge < -0.3 is 11.5 Å². The molecule has 0 aliphatic carbocycles. The highest BCUT2D eigenvalue weighted by Crippen LogP contribution is 2.08. The zero-order valence-electron chi connectivity index (χ0n) is 11.2. The summed E-state index contributed by atoms with van der Waals surface area (Å²) in [5.74, 6) is 0.360. The molecule has 8 heteroatoms. The third kappa shape index (κ3) is 8.92. The summed E-state index contributed by atoms with van der Waals surface area (Å²) in [7, 11) is -4.02. The molecule has 1 rings (SSSR count). The zero-order chi connectivity index (χ0) is 15.8. The highest BCUT2D eigenvalue weighted by molar-refractivity contribution is 7.85. The number of rotatable bonds is 5. The van der Waals surface area contributed by atoms with Gasteiger partial charge in [-0.2, -0.15) is 21.0 Å². The summed E-state index contributed by atoms with van der Waals surface area (Å²) in [6, 6.07) is 5.88. The SMILES string of the molecule is Cc1ccc(S(=O)(=O)O)cc1.NC(=O)CC(N)CCS. The van der Waals surface area contributed by atoms with Gasteiger partial charge in [-0.3, -0.25) is 9.35 Å². The first kappa shape index (κ1) is 18.9. The Labute approximate surface area is 124 Å². The summed E-state index contributed by atoms with van der Waals surface area (Å²) in [6.07, 6.45) is 1.01. The Balaban J connectivity index is 0.000000370. The van der Waals surface area contributed by atoms with Crippen LogP contribution in [0.15, 0.2) is 29.2 Å². The Hall–Kier alpha value is -1.09. The van der Waals surface area contributed by atoms with Gasteiger partial charge in [0.1, 0.15) is 0 Å². The van der Waals surface area contributed by atoms with E-state index in [0.29, 0.717) is 5.75 Å². The first-order valence-electron chi connectivity index (χ1n) is 5.85. The number of hydrogen-bond donors (Lipinski definition) is 4. The second kappa shape index (κ2) is 8.96. The van der Waals surface area contributed by atoms with Gasteiger partial charge in [-0.25, -0.2) is 0 Å². The van der Waals surface area contributed by atoms with Crippen LogP contribution in [0.2, 0.25) is 0 Å². The summed E-state index contributed by atoms with van der Waals surface area (Å²) in [5.41, 5.74) is 11.3. The zero-order valence-corrected chi connectivity index (χ0v) is 12.9. The van der Waals surface area contributed by atoms with E-state index in [4.69, 9.17) is 16.0 Å². The number of carbonyl (C=O) groups is 1. The molecule has 0 aliphatic rings. The molecular formula is C12H20N2O4S2. The molecule has 1 amide bonds. The van der Waals surface area contributed by atoms with E-state index in [9.17, 15) is 13.2 Å². The van der Waals surface area contributed by atoms with Crippen molar-refractivity contribution < 1.29 is 17.8 Å². The summed E-state index contributed by atoms with van der Waals surface area (Å²) in [4.78, 5) is 10.1. The van der Waals surface area contributed by atoms with Gasteiger partial charge in [0, 0.05) is 12.5 Å². The average Bonchev–Trinajstić information content (AvgIpc) is 2.28. The Bertz CT molecular complexity index is 515. The largest absolute Gasteiger partial charge is 0.370 e. The minimum Gasteiger partial charge on any atom is -0.370 e. The maximum atomic E-state index is 10.5. The number of amides is 1. The van der Waals surface area contributed by atoms with Crippen LogP contribution in [0.1, 0.15) is 18.4 Å². The van der Waals surface area contributed by atoms with Gasteiger partial charge in [0.25, 0.3) is 10.1 Å². The lowest BCUT2D eigenvalue weighted by Gasteiger charge is -2.04. The van der Waals surface area contributed by atoms with Gasteiger partial charge >= 0.3 is 0 Å². The van der Waals surface area contributed by atoms with E-state index >= 15 is 0 Å². The minimum absolute atomic E-state index is 0.0666. The van der Waals surface area contributed by atoms with Crippen molar-refractivity contribution in [3.05, 3.63) is 29.8 Å². The van der Waals surface area contributed by atoms with E-state index in [1.165, 1.54) is 12.1 Å². The van der Waals surface area contributed by atoms with Crippen molar-refractivity contribution in [2.24, 2.45) is 11.5 Å². The van der Waals surface area contributed by atoms with E-state index in [1.54, 1.807) is 12.1 Å². The number of aryl methyl sites for hydroxylation is 1. The van der Waals surface area contributed by atoms with Gasteiger partial charge in [-0.15, -0.1) is 0 Å². The summed E-state index contributed by atoms with van der Waals surface area (Å²) < 4.78 is 29.6. The molecule has 20 heavy (non-hydrogen) atoms. The van der Waals surface area contributed by atoms with Crippen LogP contribution < -0.4 is 11.5 Å². The molecule has 1 aromatic rings. The third-order valence-corrected chi connectivity index (χ3v) is 3.41. The molecular weight excluding hydrogens is 300 g/mol. The van der Waals surface area contributed by atoms with Gasteiger partial charge in [-0.05, 0) is 31.2 Å². The van der Waals surface area contributed by atoms with E-state index in [2.05, 4.69) is 12.6 Å². The molecule has 1 unspecified atom stereocenters. The Morgan fingerprint density at radius 1 is 1.35 bits per heavy atom. The van der Waals surface area contributed by atoms with Gasteiger partial charge in [0.15, 0.2) is 0 Å². The summed E-state index contributed by atoms with van der Waals surface area (Å²) in [5, 5.41) is 0. The highest BCUT2D eigenvalue weighted by atomic mass is 32.2. The van der Waals surface area contributed by atoms with Crippen molar-refractivity contribution in [3.8, 4) is 0 Å². The first-order chi connectivity index (χ1) is 9.16. The number of benzene rings is 1. The first-order valence-corrected chi connectivity index (χ1v) is 7.93. The van der Waals surface area contributed by atoms with Crippen molar-refractivity contribution in [1.29, 1.82) is 0 Å². The van der Waals surface area contributed by atoms with E-state index in [1.807, 2.05) is 6.92 Å². The van der Waals surface area contributed by atoms with Crippen molar-refractivity contribution in [2.75, 3.05) is 5.75 Å². The summed E-state index contributed by atoms with van der Waals surface area (Å²) in [6.45, 7) is 1.84. The fourth-order valence-corrected chi connectivity index (χ4v) is 2.05. The molecule has 0 aromatic heterocycles. The van der Waals surface area contributed by atoms with Crippen molar-refractivity contribution in [3.63, 3.8) is 0 Å². The maximum Gasteiger partial charge on any atom is 0.294 e. The smallest absolute Gasteiger partial charge is 0.294 e. The third-order valence-electron chi connectivity index (χ3n) is 2.28. The quantitative estimate of drug-likeness (QED) is 0.471. The predicted molar refractivity (Wildman–Crippen MR) is 81.3 cm³/mol. The van der Waals surface area contributed by atoms with E-state index in [0.717, 1.165) is 12.0 Å². The van der Waals surface area contributed by atoms with Crippen molar-refractivity contribution >= 4 is 28.7 Å². The topological polar surface area (TPSA) is 123 Å². The normalized spacial score (nSPS) is 12.2. The molecule has 5 N–H and O–H groups in total. The minimum atomic E-state index is -4.02. The van der Waals surface area contributed by atoms with Crippen LogP contribution in [0.25, 0.3) is 0 Å². The molecule has 0 radical (unpaired) electrons. The standard InChI is InChI=1S/C7H8O3S.C5H12N2OS/c1-6-2-4-7(5-3-6)11(8,9)10;6-4(1-2-9)3-5(7)8/h2-5H,1H3,(H,8,9,10);4,9H,1-3,6H2,(H2,7,8). The number of thiol groups is 1. The van der Waals surface area contributed by atoms with Gasteiger partial charge in [0.2, 0.25) is 5.91 Å². The van der Waals surface area contributed by atoms with Crippen LogP contribution in [0.3, 0.4) is 0 Å². The van der Waals surface area contributed by atoms with Crippen LogP contribution >= 0.6 is 12.6 Å². The van der Waals surface area contributed by atoms with Gasteiger partial charge in [0.05, 0.1) is 4.90 Å². The number of carbonyl (C=O) groups excluding carboxylic acids is 1. The van der Waals surface area contributed by atoms with Crippen LogP contribution in [0, 0.1) is 6.92 Å². The van der Waals surface area contributed by atoms with Crippen molar-refractivity contribution in [2.45, 2.75) is 30.7 Å². The number of primary amides is 1. The van der Waals surface area contributed by atoms with Crippen LogP contribution in [0.4, 0.5) is 0 Å². The molecule has 0 bridgehead atoms. The predicted octanol–water partition coefficient (Wildman–Crippen LogP) is 0.751. The molecule has 1 aromatic carbocycles. The lowest BCUT2D eigenvalue weighted by Crippen LogP contribution is -2.27. The molecule has 0 fully saturated rings. The fraction of sp³-hybridized carbons (Fsp3) is 0.417. The van der Waals surface area contributed by atoms with Crippen LogP contribution in [0.5, 0.6) is 0 Å². The number of hydrogen-bond acceptors (Lipinski definition) is 5. The highest BCUT2D eigenvalue weighted by Gasteiger charge is 2.06. The molecule has 0 aliphatic heterocycles. The molecule has 0 heterocycles. The number of nitrogens with two attached hydrogens (primary N) is 2. The Morgan fingerprint density at radius 2 is 1.85 bits per heavy atom. The van der Waals surface area contributed by atoms with Crippen LogP contribution in [-0.2, 0) is 14.9 Å². The molecule has 1 atom stereocenters. The Morgan fingerprint density at radius 3 is 2.20 bits per heavy atom. The second-order valence-electron chi connectivity index (χ2n) is 4.23. The fourth-order valence-electron chi connectivity index (χ4n) is 1.24. The van der Waals surface area contributed by atoms with E-state index < -0.39 is 10.1 Å². The lowest BCUT2D eigenvalue weighted by molar-refractivity contribution is -0.118. The lowest BCUT2D eigenvalue weighted by atomic mass is 10.2. The maximum absolute atomic E-state index is 10.5. The van der Waals surface area contributed by atoms with Crippen molar-refractivity contribution in [1.82, 2.24) is 0 Å². The second-order valence-corrected chi connectivity index (χ2v) is 6.10. The molecule has 0 saturated carbocycles. The monoisotopic (exact) mass is 320 g/mol. The van der Waals surface area contributed by atoms with Gasteiger partial charge in [-0.1, -0.05) is 17.7 Å². The molecule has 0 spiro atoms. The molecule has 114 valence electrons. The average molecular weight is 320 g/mol. The molecule has 6 nitrogen and oxygen atoms in total. The van der Waals surface area contributed by atoms with Crippen LogP contribution in [-0.4, -0.2) is 30.7 Å².